The van der Waals surface area contributed by atoms with Crippen LogP contribution >= 0.6 is 0 Å². The number of aliphatic imine (C=N–C) groups is 1. The first-order chi connectivity index (χ1) is 6.20. The van der Waals surface area contributed by atoms with Crippen LogP contribution in [-0.4, -0.2) is 12.0 Å². The van der Waals surface area contributed by atoms with Gasteiger partial charge in [0.15, 0.2) is 6.40 Å². The van der Waals surface area contributed by atoms with E-state index in [1.165, 1.54) is 5.56 Å². The Morgan fingerprint density at radius 3 is 2.46 bits per heavy atom. The normalized spacial score (nSPS) is 24.3. The van der Waals surface area contributed by atoms with Crippen molar-refractivity contribution in [3.8, 4) is 0 Å². The summed E-state index contributed by atoms with van der Waals surface area (Å²) < 4.78 is 5.42. The van der Waals surface area contributed by atoms with Gasteiger partial charge in [-0.2, -0.15) is 0 Å². The molecular weight excluding hydrogens is 162 g/mol. The number of ether oxygens (including phenoxy) is 1. The SMILES string of the molecule is CC1(C)OC=N[C@@H]1c1ccccc1. The van der Waals surface area contributed by atoms with Gasteiger partial charge in [0.1, 0.15) is 11.6 Å². The van der Waals surface area contributed by atoms with Crippen molar-refractivity contribution >= 4 is 6.40 Å². The molecule has 2 nitrogen and oxygen atoms in total. The van der Waals surface area contributed by atoms with Crippen LogP contribution in [0.25, 0.3) is 0 Å². The lowest BCUT2D eigenvalue weighted by Gasteiger charge is -2.24. The second kappa shape index (κ2) is 2.87. The third-order valence-corrected chi connectivity index (χ3v) is 2.34. The summed E-state index contributed by atoms with van der Waals surface area (Å²) in [6.07, 6.45) is 1.55. The maximum atomic E-state index is 5.42. The quantitative estimate of drug-likeness (QED) is 0.642. The predicted molar refractivity (Wildman–Crippen MR) is 52.8 cm³/mol. The first-order valence-electron chi connectivity index (χ1n) is 4.44. The number of benzene rings is 1. The Bertz CT molecular complexity index is 316. The Labute approximate surface area is 78.3 Å². The minimum Gasteiger partial charge on any atom is -0.475 e. The van der Waals surface area contributed by atoms with E-state index in [1.807, 2.05) is 18.2 Å². The van der Waals surface area contributed by atoms with E-state index in [1.54, 1.807) is 6.40 Å². The van der Waals surface area contributed by atoms with E-state index in [2.05, 4.69) is 31.0 Å². The fraction of sp³-hybridized carbons (Fsp3) is 0.364. The summed E-state index contributed by atoms with van der Waals surface area (Å²) in [5.74, 6) is 0. The number of rotatable bonds is 1. The van der Waals surface area contributed by atoms with Crippen LogP contribution in [0, 0.1) is 0 Å². The van der Waals surface area contributed by atoms with Gasteiger partial charge in [0.25, 0.3) is 0 Å². The van der Waals surface area contributed by atoms with Crippen LogP contribution in [0.5, 0.6) is 0 Å². The standard InChI is InChI=1S/C11H13NO/c1-11(2)10(12-8-13-11)9-6-4-3-5-7-9/h3-8,10H,1-2H3/t10-/m1/s1. The summed E-state index contributed by atoms with van der Waals surface area (Å²) >= 11 is 0. The van der Waals surface area contributed by atoms with Crippen LogP contribution in [0.3, 0.4) is 0 Å². The molecule has 1 aromatic carbocycles. The van der Waals surface area contributed by atoms with Crippen LogP contribution in [0.15, 0.2) is 35.3 Å². The lowest BCUT2D eigenvalue weighted by Crippen LogP contribution is -2.26. The predicted octanol–water partition coefficient (Wildman–Crippen LogP) is 2.56. The van der Waals surface area contributed by atoms with E-state index in [4.69, 9.17) is 4.74 Å². The molecule has 1 atom stereocenters. The van der Waals surface area contributed by atoms with Crippen molar-refractivity contribution in [3.05, 3.63) is 35.9 Å². The maximum Gasteiger partial charge on any atom is 0.171 e. The van der Waals surface area contributed by atoms with Gasteiger partial charge in [0, 0.05) is 0 Å². The first-order valence-corrected chi connectivity index (χ1v) is 4.44. The van der Waals surface area contributed by atoms with E-state index in [0.717, 1.165) is 0 Å². The van der Waals surface area contributed by atoms with E-state index in [0.29, 0.717) is 0 Å². The van der Waals surface area contributed by atoms with Gasteiger partial charge < -0.3 is 4.74 Å². The molecule has 2 heteroatoms. The average Bonchev–Trinajstić information content (AvgIpc) is 2.47. The molecule has 0 unspecified atom stereocenters. The van der Waals surface area contributed by atoms with Crippen LogP contribution in [0.4, 0.5) is 0 Å². The van der Waals surface area contributed by atoms with Crippen molar-refractivity contribution in [2.75, 3.05) is 0 Å². The molecule has 1 aliphatic heterocycles. The van der Waals surface area contributed by atoms with Gasteiger partial charge in [-0.25, -0.2) is 4.99 Å². The van der Waals surface area contributed by atoms with Gasteiger partial charge in [-0.3, -0.25) is 0 Å². The lowest BCUT2D eigenvalue weighted by molar-refractivity contribution is 0.103. The highest BCUT2D eigenvalue weighted by atomic mass is 16.5. The highest BCUT2D eigenvalue weighted by Crippen LogP contribution is 2.35. The van der Waals surface area contributed by atoms with Gasteiger partial charge >= 0.3 is 0 Å². The zero-order valence-corrected chi connectivity index (χ0v) is 7.90. The van der Waals surface area contributed by atoms with Gasteiger partial charge in [-0.05, 0) is 19.4 Å². The van der Waals surface area contributed by atoms with Crippen molar-refractivity contribution in [1.82, 2.24) is 0 Å². The van der Waals surface area contributed by atoms with E-state index in [-0.39, 0.29) is 11.6 Å². The highest BCUT2D eigenvalue weighted by Gasteiger charge is 2.35. The second-order valence-corrected chi connectivity index (χ2v) is 3.79. The van der Waals surface area contributed by atoms with E-state index in [9.17, 15) is 0 Å². The maximum absolute atomic E-state index is 5.42. The smallest absolute Gasteiger partial charge is 0.171 e. The Hall–Kier alpha value is -1.31. The van der Waals surface area contributed by atoms with Gasteiger partial charge in [-0.15, -0.1) is 0 Å². The Kier molecular flexibility index (Phi) is 1.83. The largest absolute Gasteiger partial charge is 0.475 e. The van der Waals surface area contributed by atoms with E-state index < -0.39 is 0 Å². The van der Waals surface area contributed by atoms with Gasteiger partial charge in [-0.1, -0.05) is 30.3 Å². The molecule has 0 amide bonds. The summed E-state index contributed by atoms with van der Waals surface area (Å²) in [6.45, 7) is 4.11. The van der Waals surface area contributed by atoms with Crippen molar-refractivity contribution in [3.63, 3.8) is 0 Å². The highest BCUT2D eigenvalue weighted by molar-refractivity contribution is 5.52. The van der Waals surface area contributed by atoms with Crippen molar-refractivity contribution < 1.29 is 4.74 Å². The van der Waals surface area contributed by atoms with Gasteiger partial charge in [0.2, 0.25) is 0 Å². The fourth-order valence-corrected chi connectivity index (χ4v) is 1.59. The third kappa shape index (κ3) is 1.44. The Morgan fingerprint density at radius 1 is 1.23 bits per heavy atom. The number of hydrogen-bond donors (Lipinski definition) is 0. The minimum absolute atomic E-state index is 0.133. The molecule has 0 aliphatic carbocycles. The van der Waals surface area contributed by atoms with E-state index >= 15 is 0 Å². The topological polar surface area (TPSA) is 21.6 Å². The van der Waals surface area contributed by atoms with Crippen molar-refractivity contribution in [2.45, 2.75) is 25.5 Å². The van der Waals surface area contributed by atoms with Crippen LogP contribution < -0.4 is 0 Å². The van der Waals surface area contributed by atoms with Crippen molar-refractivity contribution in [1.29, 1.82) is 0 Å². The number of hydrogen-bond acceptors (Lipinski definition) is 2. The fourth-order valence-electron chi connectivity index (χ4n) is 1.59. The third-order valence-electron chi connectivity index (χ3n) is 2.34. The Balaban J connectivity index is 2.32. The monoisotopic (exact) mass is 175 g/mol. The summed E-state index contributed by atoms with van der Waals surface area (Å²) in [6, 6.07) is 10.4. The summed E-state index contributed by atoms with van der Waals surface area (Å²) in [5.41, 5.74) is 1.00. The molecule has 68 valence electrons. The van der Waals surface area contributed by atoms with Crippen LogP contribution in [0.2, 0.25) is 0 Å². The lowest BCUT2D eigenvalue weighted by atomic mass is 9.93. The zero-order valence-electron chi connectivity index (χ0n) is 7.90. The minimum atomic E-state index is -0.207. The molecule has 1 aliphatic rings. The van der Waals surface area contributed by atoms with Gasteiger partial charge in [0.05, 0.1) is 0 Å². The molecular formula is C11H13NO. The molecule has 0 saturated carbocycles. The van der Waals surface area contributed by atoms with Crippen LogP contribution in [0.1, 0.15) is 25.5 Å². The zero-order chi connectivity index (χ0) is 9.31. The molecule has 1 aromatic rings. The molecule has 0 bridgehead atoms. The molecule has 0 radical (unpaired) electrons. The second-order valence-electron chi connectivity index (χ2n) is 3.79. The summed E-state index contributed by atoms with van der Waals surface area (Å²) in [5, 5.41) is 0. The molecule has 0 spiro atoms. The Morgan fingerprint density at radius 2 is 1.92 bits per heavy atom. The van der Waals surface area contributed by atoms with Crippen molar-refractivity contribution in [2.24, 2.45) is 4.99 Å². The molecule has 0 aromatic heterocycles. The summed E-state index contributed by atoms with van der Waals surface area (Å²) in [4.78, 5) is 4.31. The molecule has 0 N–H and O–H groups in total. The average molecular weight is 175 g/mol. The molecule has 0 fully saturated rings. The summed E-state index contributed by atoms with van der Waals surface area (Å²) in [7, 11) is 0. The number of nitrogens with zero attached hydrogens (tertiary/aromatic N) is 1. The van der Waals surface area contributed by atoms with Crippen LogP contribution in [-0.2, 0) is 4.74 Å². The molecule has 0 saturated heterocycles. The molecule has 13 heavy (non-hydrogen) atoms. The first kappa shape index (κ1) is 8.30. The molecule has 2 rings (SSSR count). The molecule has 1 heterocycles.